The second-order valence-electron chi connectivity index (χ2n) is 4.67. The van der Waals surface area contributed by atoms with Gasteiger partial charge in [-0.1, -0.05) is 6.42 Å². The van der Waals surface area contributed by atoms with Crippen molar-refractivity contribution in [3.63, 3.8) is 0 Å². The smallest absolute Gasteiger partial charge is 0.201 e. The summed E-state index contributed by atoms with van der Waals surface area (Å²) in [6.07, 6.45) is 3.09. The molecule has 102 valence electrons. The zero-order valence-electron chi connectivity index (χ0n) is 10.9. The van der Waals surface area contributed by atoms with Crippen LogP contribution in [0.1, 0.15) is 29.6 Å². The number of Topliss-reactive ketones (excluding diaryl/α,β-unsaturated/α-hetero) is 1. The lowest BCUT2D eigenvalue weighted by Gasteiger charge is -2.23. The second-order valence-corrected chi connectivity index (χ2v) is 4.67. The topological polar surface area (TPSA) is 115 Å². The molecule has 0 atom stereocenters. The molecule has 1 aliphatic carbocycles. The molecule has 0 spiro atoms. The number of nitrogens with one attached hydrogen (secondary N) is 2. The second kappa shape index (κ2) is 5.97. The van der Waals surface area contributed by atoms with Crippen molar-refractivity contribution in [2.24, 2.45) is 16.8 Å². The molecule has 0 saturated heterocycles. The Balaban J connectivity index is 2.03. The van der Waals surface area contributed by atoms with Crippen LogP contribution < -0.4 is 11.2 Å². The zero-order valence-corrected chi connectivity index (χ0v) is 10.9. The number of amidine groups is 1. The van der Waals surface area contributed by atoms with E-state index in [1.165, 1.54) is 0 Å². The highest BCUT2D eigenvalue weighted by Crippen LogP contribution is 2.29. The molecule has 20 heavy (non-hydrogen) atoms. The van der Waals surface area contributed by atoms with Crippen LogP contribution >= 0.6 is 0 Å². The van der Waals surface area contributed by atoms with Gasteiger partial charge in [-0.3, -0.25) is 15.6 Å². The fraction of sp³-hybridized carbons (Fsp3) is 0.286. The summed E-state index contributed by atoms with van der Waals surface area (Å²) in [4.78, 5) is 12.0. The number of nitrogens with two attached hydrogens (primary N) is 1. The Kier molecular flexibility index (Phi) is 4.11. The van der Waals surface area contributed by atoms with E-state index in [-0.39, 0.29) is 17.4 Å². The Morgan fingerprint density at radius 1 is 1.40 bits per heavy atom. The predicted octanol–water partition coefficient (Wildman–Crippen LogP) is 1.90. The third kappa shape index (κ3) is 3.01. The van der Waals surface area contributed by atoms with Gasteiger partial charge in [-0.25, -0.2) is 0 Å². The maximum Gasteiger partial charge on any atom is 0.201 e. The first-order valence-electron chi connectivity index (χ1n) is 6.34. The third-order valence-electron chi connectivity index (χ3n) is 3.30. The Bertz CT molecular complexity index is 593. The van der Waals surface area contributed by atoms with Crippen LogP contribution in [0.25, 0.3) is 0 Å². The molecule has 0 radical (unpaired) electrons. The average molecular weight is 269 g/mol. The first-order valence-corrected chi connectivity index (χ1v) is 6.34. The number of nitrogens with zero attached hydrogens (tertiary/aromatic N) is 2. The Labute approximate surface area is 116 Å². The number of hydrogen-bond donors (Lipinski definition) is 3. The Hall–Kier alpha value is -2.68. The number of ketones is 1. The Morgan fingerprint density at radius 3 is 2.50 bits per heavy atom. The van der Waals surface area contributed by atoms with Crippen LogP contribution in [-0.4, -0.2) is 17.3 Å². The van der Waals surface area contributed by atoms with Gasteiger partial charge in [-0.15, -0.1) is 0 Å². The molecule has 1 fully saturated rings. The fourth-order valence-electron chi connectivity index (χ4n) is 1.88. The summed E-state index contributed by atoms with van der Waals surface area (Å²) in [7, 11) is 0. The first-order chi connectivity index (χ1) is 9.61. The van der Waals surface area contributed by atoms with Crippen molar-refractivity contribution in [1.82, 2.24) is 0 Å². The van der Waals surface area contributed by atoms with E-state index in [4.69, 9.17) is 16.4 Å². The molecule has 6 heteroatoms. The lowest BCUT2D eigenvalue weighted by Crippen LogP contribution is -2.22. The average Bonchev–Trinajstić information content (AvgIpc) is 2.37. The van der Waals surface area contributed by atoms with Crippen molar-refractivity contribution in [2.45, 2.75) is 19.3 Å². The van der Waals surface area contributed by atoms with Crippen LogP contribution in [0.5, 0.6) is 0 Å². The maximum absolute atomic E-state index is 12.0. The summed E-state index contributed by atoms with van der Waals surface area (Å²) >= 11 is 0. The third-order valence-corrected chi connectivity index (χ3v) is 3.30. The van der Waals surface area contributed by atoms with Gasteiger partial charge in [-0.05, 0) is 37.1 Å². The molecule has 1 aromatic rings. The van der Waals surface area contributed by atoms with Crippen LogP contribution in [0.15, 0.2) is 29.4 Å². The molecule has 0 heterocycles. The van der Waals surface area contributed by atoms with Crippen molar-refractivity contribution in [2.75, 3.05) is 5.43 Å². The van der Waals surface area contributed by atoms with Gasteiger partial charge < -0.3 is 5.73 Å². The molecule has 0 unspecified atom stereocenters. The number of benzene rings is 1. The lowest BCUT2D eigenvalue weighted by molar-refractivity contribution is 0.0855. The molecule has 0 bridgehead atoms. The van der Waals surface area contributed by atoms with E-state index < -0.39 is 5.84 Å². The summed E-state index contributed by atoms with van der Waals surface area (Å²) in [5.74, 6) is -0.0285. The summed E-state index contributed by atoms with van der Waals surface area (Å²) in [5.41, 5.74) is 8.95. The Morgan fingerprint density at radius 2 is 2.05 bits per heavy atom. The fourth-order valence-corrected chi connectivity index (χ4v) is 1.88. The number of anilines is 1. The normalized spacial score (nSPS) is 15.1. The molecule has 2 rings (SSSR count). The summed E-state index contributed by atoms with van der Waals surface area (Å²) < 4.78 is 0. The molecule has 1 aliphatic rings. The van der Waals surface area contributed by atoms with Gasteiger partial charge >= 0.3 is 0 Å². The van der Waals surface area contributed by atoms with Crippen LogP contribution in [-0.2, 0) is 0 Å². The van der Waals surface area contributed by atoms with Crippen LogP contribution in [0.4, 0.5) is 5.69 Å². The van der Waals surface area contributed by atoms with E-state index in [9.17, 15) is 4.79 Å². The van der Waals surface area contributed by atoms with Gasteiger partial charge in [0.05, 0.1) is 5.69 Å². The van der Waals surface area contributed by atoms with Gasteiger partial charge in [0.25, 0.3) is 0 Å². The van der Waals surface area contributed by atoms with Crippen LogP contribution in [0.3, 0.4) is 0 Å². The molecule has 0 aliphatic heterocycles. The number of carbonyl (C=O) groups excluding carboxylic acids is 1. The van der Waals surface area contributed by atoms with Gasteiger partial charge in [0.15, 0.2) is 11.6 Å². The number of nitriles is 1. The molecule has 6 nitrogen and oxygen atoms in total. The molecule has 4 N–H and O–H groups in total. The maximum atomic E-state index is 12.0. The van der Waals surface area contributed by atoms with E-state index in [1.807, 2.05) is 0 Å². The molecular weight excluding hydrogens is 254 g/mol. The minimum Gasteiger partial charge on any atom is -0.382 e. The van der Waals surface area contributed by atoms with Crippen LogP contribution in [0.2, 0.25) is 0 Å². The van der Waals surface area contributed by atoms with Crippen molar-refractivity contribution in [3.8, 4) is 6.07 Å². The number of rotatable bonds is 5. The molecule has 0 aromatic heterocycles. The van der Waals surface area contributed by atoms with E-state index in [0.29, 0.717) is 11.3 Å². The summed E-state index contributed by atoms with van der Waals surface area (Å²) in [6.45, 7) is 0. The summed E-state index contributed by atoms with van der Waals surface area (Å²) in [6, 6.07) is 8.61. The van der Waals surface area contributed by atoms with Gasteiger partial charge in [0.1, 0.15) is 6.07 Å². The zero-order chi connectivity index (χ0) is 14.5. The van der Waals surface area contributed by atoms with E-state index in [0.717, 1.165) is 19.3 Å². The van der Waals surface area contributed by atoms with Crippen molar-refractivity contribution < 1.29 is 4.79 Å². The van der Waals surface area contributed by atoms with E-state index in [2.05, 4.69) is 10.5 Å². The summed E-state index contributed by atoms with van der Waals surface area (Å²) in [5, 5.41) is 19.5. The van der Waals surface area contributed by atoms with Gasteiger partial charge in [0, 0.05) is 11.5 Å². The monoisotopic (exact) mass is 269 g/mol. The highest BCUT2D eigenvalue weighted by molar-refractivity contribution is 6.45. The minimum absolute atomic E-state index is 0.176. The van der Waals surface area contributed by atoms with Crippen molar-refractivity contribution in [1.29, 1.82) is 10.7 Å². The minimum atomic E-state index is -0.392. The highest BCUT2D eigenvalue weighted by atomic mass is 16.1. The number of hydrogen-bond acceptors (Lipinski definition) is 5. The quantitative estimate of drug-likeness (QED) is 0.327. The molecule has 1 aromatic carbocycles. The highest BCUT2D eigenvalue weighted by Gasteiger charge is 2.25. The van der Waals surface area contributed by atoms with Crippen molar-refractivity contribution >= 4 is 23.0 Å². The molecular formula is C14H15N5O. The number of hydrazone groups is 1. The standard InChI is InChI=1S/C14H15N5O/c15-8-12(14(16)17)19-18-11-6-4-10(5-7-11)13(20)9-2-1-3-9/h4-7,9,18H,1-3H2,(H3,16,17)/b19-12+. The van der Waals surface area contributed by atoms with E-state index in [1.54, 1.807) is 30.3 Å². The number of carbonyl (C=O) groups is 1. The first kappa shape index (κ1) is 13.7. The predicted molar refractivity (Wildman–Crippen MR) is 76.7 cm³/mol. The van der Waals surface area contributed by atoms with E-state index >= 15 is 0 Å². The molecule has 1 saturated carbocycles. The molecule has 0 amide bonds. The largest absolute Gasteiger partial charge is 0.382 e. The van der Waals surface area contributed by atoms with Gasteiger partial charge in [0.2, 0.25) is 5.71 Å². The van der Waals surface area contributed by atoms with Crippen LogP contribution in [0, 0.1) is 22.7 Å². The van der Waals surface area contributed by atoms with Crippen molar-refractivity contribution in [3.05, 3.63) is 29.8 Å². The van der Waals surface area contributed by atoms with Gasteiger partial charge in [-0.2, -0.15) is 10.4 Å². The SMILES string of the molecule is N#C/C(=N\Nc1ccc(C(=O)C2CCC2)cc1)C(=N)N. The lowest BCUT2D eigenvalue weighted by atomic mass is 9.80.